The number of nitrogens with one attached hydrogen (secondary N) is 1. The molecule has 0 bridgehead atoms. The van der Waals surface area contributed by atoms with Crippen molar-refractivity contribution in [3.8, 4) is 0 Å². The van der Waals surface area contributed by atoms with Gasteiger partial charge in [0.2, 0.25) is 0 Å². The summed E-state index contributed by atoms with van der Waals surface area (Å²) >= 11 is 0. The molecule has 2 unspecified atom stereocenters. The van der Waals surface area contributed by atoms with Gasteiger partial charge >= 0.3 is 12.0 Å². The molecule has 2 atom stereocenters. The number of amides is 2. The van der Waals surface area contributed by atoms with Gasteiger partial charge in [-0.05, 0) is 45.4 Å². The van der Waals surface area contributed by atoms with E-state index in [0.29, 0.717) is 25.6 Å². The van der Waals surface area contributed by atoms with E-state index < -0.39 is 5.97 Å². The lowest BCUT2D eigenvalue weighted by molar-refractivity contribution is -0.143. The van der Waals surface area contributed by atoms with Crippen LogP contribution < -0.4 is 5.32 Å². The quantitative estimate of drug-likeness (QED) is 0.831. The number of morpholine rings is 1. The number of carboxylic acids is 1. The summed E-state index contributed by atoms with van der Waals surface area (Å²) in [6.07, 6.45) is 3.29. The van der Waals surface area contributed by atoms with Crippen molar-refractivity contribution in [1.82, 2.24) is 10.2 Å². The van der Waals surface area contributed by atoms with Gasteiger partial charge in [-0.15, -0.1) is 0 Å². The fraction of sp³-hybridized carbons (Fsp3) is 0.867. The molecule has 0 aromatic carbocycles. The summed E-state index contributed by atoms with van der Waals surface area (Å²) in [6.45, 7) is 5.81. The molecule has 6 nitrogen and oxygen atoms in total. The van der Waals surface area contributed by atoms with Crippen LogP contribution in [-0.2, 0) is 9.53 Å². The largest absolute Gasteiger partial charge is 0.481 e. The van der Waals surface area contributed by atoms with Crippen LogP contribution in [0.15, 0.2) is 0 Å². The summed E-state index contributed by atoms with van der Waals surface area (Å²) in [4.78, 5) is 25.0. The number of carbonyl (C=O) groups is 2. The Balaban J connectivity index is 1.73. The van der Waals surface area contributed by atoms with Crippen molar-refractivity contribution in [2.24, 2.45) is 11.8 Å². The molecule has 1 aliphatic carbocycles. The molecule has 1 saturated carbocycles. The highest BCUT2D eigenvalue weighted by Crippen LogP contribution is 2.28. The number of carbonyl (C=O) groups excluding carboxylic acids is 1. The second-order valence-electron chi connectivity index (χ2n) is 6.39. The van der Waals surface area contributed by atoms with Crippen LogP contribution in [0.2, 0.25) is 0 Å². The van der Waals surface area contributed by atoms with Gasteiger partial charge < -0.3 is 20.1 Å². The zero-order valence-electron chi connectivity index (χ0n) is 12.9. The molecule has 0 aromatic heterocycles. The minimum Gasteiger partial charge on any atom is -0.481 e. The molecule has 2 aliphatic rings. The lowest BCUT2D eigenvalue weighted by Gasteiger charge is -2.37. The Bertz CT molecular complexity index is 380. The van der Waals surface area contributed by atoms with Crippen molar-refractivity contribution >= 4 is 12.0 Å². The lowest BCUT2D eigenvalue weighted by atomic mass is 9.82. The molecule has 1 heterocycles. The van der Waals surface area contributed by atoms with Crippen molar-refractivity contribution in [1.29, 1.82) is 0 Å². The summed E-state index contributed by atoms with van der Waals surface area (Å²) < 4.78 is 5.52. The minimum atomic E-state index is -0.686. The van der Waals surface area contributed by atoms with Gasteiger partial charge in [0.15, 0.2) is 0 Å². The third kappa shape index (κ3) is 4.33. The predicted octanol–water partition coefficient (Wildman–Crippen LogP) is 1.70. The average Bonchev–Trinajstić information content (AvgIpc) is 2.47. The Labute approximate surface area is 125 Å². The number of urea groups is 1. The van der Waals surface area contributed by atoms with E-state index in [1.54, 1.807) is 0 Å². The van der Waals surface area contributed by atoms with E-state index in [9.17, 15) is 9.59 Å². The molecule has 120 valence electrons. The lowest BCUT2D eigenvalue weighted by Crippen LogP contribution is -2.54. The normalized spacial score (nSPS) is 33.5. The first-order valence-corrected chi connectivity index (χ1v) is 7.86. The molecule has 21 heavy (non-hydrogen) atoms. The molecule has 1 saturated heterocycles. The van der Waals surface area contributed by atoms with E-state index in [2.05, 4.69) is 5.32 Å². The van der Waals surface area contributed by atoms with Gasteiger partial charge in [0.1, 0.15) is 0 Å². The van der Waals surface area contributed by atoms with Crippen LogP contribution in [0, 0.1) is 11.8 Å². The van der Waals surface area contributed by atoms with Crippen LogP contribution in [0.1, 0.15) is 39.5 Å². The van der Waals surface area contributed by atoms with Gasteiger partial charge in [-0.1, -0.05) is 0 Å². The Hall–Kier alpha value is -1.30. The molecule has 2 N–H and O–H groups in total. The number of nitrogens with zero attached hydrogens (tertiary/aromatic N) is 1. The van der Waals surface area contributed by atoms with E-state index >= 15 is 0 Å². The van der Waals surface area contributed by atoms with Crippen LogP contribution in [0.5, 0.6) is 0 Å². The molecule has 0 spiro atoms. The molecular formula is C15H26N2O4. The highest BCUT2D eigenvalue weighted by Gasteiger charge is 2.29. The van der Waals surface area contributed by atoms with Gasteiger partial charge in [0, 0.05) is 13.1 Å². The van der Waals surface area contributed by atoms with E-state index in [0.717, 1.165) is 25.7 Å². The highest BCUT2D eigenvalue weighted by molar-refractivity contribution is 5.74. The fourth-order valence-corrected chi connectivity index (χ4v) is 3.13. The van der Waals surface area contributed by atoms with E-state index in [1.807, 2.05) is 18.7 Å². The maximum Gasteiger partial charge on any atom is 0.317 e. The first-order chi connectivity index (χ1) is 9.97. The van der Waals surface area contributed by atoms with Crippen molar-refractivity contribution in [3.05, 3.63) is 0 Å². The topological polar surface area (TPSA) is 78.9 Å². The molecule has 0 radical (unpaired) electrons. The maximum atomic E-state index is 12.2. The third-order valence-electron chi connectivity index (χ3n) is 4.61. The molecule has 0 aromatic rings. The number of aliphatic carboxylic acids is 1. The summed E-state index contributed by atoms with van der Waals surface area (Å²) in [5, 5.41) is 12.0. The molecule has 1 aliphatic heterocycles. The third-order valence-corrected chi connectivity index (χ3v) is 4.61. The van der Waals surface area contributed by atoms with Gasteiger partial charge in [0.25, 0.3) is 0 Å². The van der Waals surface area contributed by atoms with Crippen molar-refractivity contribution in [2.75, 3.05) is 19.7 Å². The standard InChI is InChI=1S/C15H26N2O4/c1-10-9-21-11(2)8-17(10)15(20)16-7-12-3-5-13(6-4-12)14(18)19/h10-13H,3-9H2,1-2H3,(H,16,20)(H,18,19). The van der Waals surface area contributed by atoms with Gasteiger partial charge in [-0.3, -0.25) is 4.79 Å². The zero-order chi connectivity index (χ0) is 15.4. The van der Waals surface area contributed by atoms with Crippen LogP contribution in [0.3, 0.4) is 0 Å². The van der Waals surface area contributed by atoms with Crippen LogP contribution >= 0.6 is 0 Å². The van der Waals surface area contributed by atoms with E-state index in [-0.39, 0.29) is 24.1 Å². The summed E-state index contributed by atoms with van der Waals surface area (Å²) in [5.41, 5.74) is 0. The Morgan fingerprint density at radius 3 is 2.52 bits per heavy atom. The number of hydrogen-bond acceptors (Lipinski definition) is 3. The minimum absolute atomic E-state index is 0.0296. The van der Waals surface area contributed by atoms with Crippen molar-refractivity contribution in [3.63, 3.8) is 0 Å². The van der Waals surface area contributed by atoms with Gasteiger partial charge in [-0.2, -0.15) is 0 Å². The Kier molecular flexibility index (Phi) is 5.45. The van der Waals surface area contributed by atoms with Crippen LogP contribution in [0.4, 0.5) is 4.79 Å². The molecule has 2 rings (SSSR count). The van der Waals surface area contributed by atoms with E-state index in [4.69, 9.17) is 9.84 Å². The summed E-state index contributed by atoms with van der Waals surface area (Å²) in [6, 6.07) is 0.0713. The fourth-order valence-electron chi connectivity index (χ4n) is 3.13. The van der Waals surface area contributed by atoms with Crippen molar-refractivity contribution in [2.45, 2.75) is 51.7 Å². The number of rotatable bonds is 3. The van der Waals surface area contributed by atoms with E-state index in [1.165, 1.54) is 0 Å². The molecule has 2 amide bonds. The zero-order valence-corrected chi connectivity index (χ0v) is 12.9. The Morgan fingerprint density at radius 1 is 1.24 bits per heavy atom. The Morgan fingerprint density at radius 2 is 1.90 bits per heavy atom. The summed E-state index contributed by atoms with van der Waals surface area (Å²) in [7, 11) is 0. The summed E-state index contributed by atoms with van der Waals surface area (Å²) in [5.74, 6) is -0.482. The first-order valence-electron chi connectivity index (χ1n) is 7.86. The first kappa shape index (κ1) is 16.1. The average molecular weight is 298 g/mol. The number of hydrogen-bond donors (Lipinski definition) is 2. The maximum absolute atomic E-state index is 12.2. The predicted molar refractivity (Wildman–Crippen MR) is 78.1 cm³/mol. The number of ether oxygens (including phenoxy) is 1. The van der Waals surface area contributed by atoms with Crippen LogP contribution in [-0.4, -0.2) is 53.8 Å². The molecule has 2 fully saturated rings. The van der Waals surface area contributed by atoms with Gasteiger partial charge in [-0.25, -0.2) is 4.79 Å². The smallest absolute Gasteiger partial charge is 0.317 e. The van der Waals surface area contributed by atoms with Gasteiger partial charge in [0.05, 0.1) is 24.7 Å². The monoisotopic (exact) mass is 298 g/mol. The SMILES string of the molecule is CC1CN(C(=O)NCC2CCC(C(=O)O)CC2)C(C)CO1. The molecule has 6 heteroatoms. The highest BCUT2D eigenvalue weighted by atomic mass is 16.5. The number of carboxylic acid groups (broad SMARTS) is 1. The second-order valence-corrected chi connectivity index (χ2v) is 6.39. The van der Waals surface area contributed by atoms with Crippen LogP contribution in [0.25, 0.3) is 0 Å². The molecular weight excluding hydrogens is 272 g/mol. The second kappa shape index (κ2) is 7.11. The van der Waals surface area contributed by atoms with Crippen molar-refractivity contribution < 1.29 is 19.4 Å².